The van der Waals surface area contributed by atoms with Crippen LogP contribution in [-0.4, -0.2) is 42.9 Å². The zero-order chi connectivity index (χ0) is 20.5. The van der Waals surface area contributed by atoms with Gasteiger partial charge in [-0.2, -0.15) is 0 Å². The zero-order valence-electron chi connectivity index (χ0n) is 16.4. The Hall–Kier alpha value is -2.35. The van der Waals surface area contributed by atoms with Crippen LogP contribution < -0.4 is 14.4 Å². The van der Waals surface area contributed by atoms with Gasteiger partial charge in [0, 0.05) is 15.6 Å². The van der Waals surface area contributed by atoms with Crippen LogP contribution in [0.25, 0.3) is 11.3 Å². The molecular formula is C23H22BrN2O3S+. The third-order valence-corrected chi connectivity index (χ3v) is 6.58. The molecule has 7 heteroatoms. The number of hydrogen-bond donors (Lipinski definition) is 1. The molecule has 30 heavy (non-hydrogen) atoms. The highest BCUT2D eigenvalue weighted by Gasteiger charge is 2.25. The number of quaternary nitrogens is 1. The summed E-state index contributed by atoms with van der Waals surface area (Å²) in [5.41, 5.74) is 2.32. The van der Waals surface area contributed by atoms with E-state index in [1.807, 2.05) is 42.5 Å². The van der Waals surface area contributed by atoms with Gasteiger partial charge in [0.05, 0.1) is 26.2 Å². The molecule has 2 aliphatic heterocycles. The van der Waals surface area contributed by atoms with Crippen LogP contribution in [0.3, 0.4) is 0 Å². The minimum atomic E-state index is 0.318. The summed E-state index contributed by atoms with van der Waals surface area (Å²) in [6.45, 7) is 5.22. The monoisotopic (exact) mass is 485 g/mol. The highest BCUT2D eigenvalue weighted by Crippen LogP contribution is 2.32. The summed E-state index contributed by atoms with van der Waals surface area (Å²) in [7, 11) is 0. The molecule has 0 atom stereocenters. The number of hydrogen-bond acceptors (Lipinski definition) is 4. The molecule has 3 heterocycles. The minimum absolute atomic E-state index is 0.318. The van der Waals surface area contributed by atoms with Crippen LogP contribution in [0.4, 0.5) is 0 Å². The molecule has 0 spiro atoms. The van der Waals surface area contributed by atoms with E-state index in [1.54, 1.807) is 4.90 Å². The largest absolute Gasteiger partial charge is 0.454 e. The molecule has 0 amide bonds. The summed E-state index contributed by atoms with van der Waals surface area (Å²) >= 11 is 9.20. The molecule has 0 saturated carbocycles. The Balaban J connectivity index is 1.18. The van der Waals surface area contributed by atoms with Gasteiger partial charge in [0.25, 0.3) is 0 Å². The predicted octanol–water partition coefficient (Wildman–Crippen LogP) is 3.51. The Morgan fingerprint density at radius 3 is 2.53 bits per heavy atom. The number of thiocarbonyl (C=S) groups is 1. The van der Waals surface area contributed by atoms with Crippen LogP contribution in [0.5, 0.6) is 11.5 Å². The Labute approximate surface area is 189 Å². The van der Waals surface area contributed by atoms with E-state index in [0.717, 1.165) is 70.8 Å². The molecule has 2 aromatic carbocycles. The lowest BCUT2D eigenvalue weighted by atomic mass is 10.1. The third kappa shape index (κ3) is 4.10. The maximum atomic E-state index is 6.06. The molecule has 0 bridgehead atoms. The van der Waals surface area contributed by atoms with Crippen LogP contribution in [0.15, 0.2) is 63.5 Å². The summed E-state index contributed by atoms with van der Waals surface area (Å²) in [5, 5.41) is 0. The summed E-state index contributed by atoms with van der Waals surface area (Å²) < 4.78 is 18.0. The lowest BCUT2D eigenvalue weighted by molar-refractivity contribution is -0.917. The molecule has 3 aromatic rings. The Morgan fingerprint density at radius 2 is 1.73 bits per heavy atom. The van der Waals surface area contributed by atoms with Gasteiger partial charge in [-0.05, 0) is 42.5 Å². The van der Waals surface area contributed by atoms with Crippen molar-refractivity contribution < 1.29 is 18.8 Å². The first-order valence-electron chi connectivity index (χ1n) is 10.0. The van der Waals surface area contributed by atoms with Crippen molar-refractivity contribution in [3.63, 3.8) is 0 Å². The average molecular weight is 486 g/mol. The second-order valence-corrected chi connectivity index (χ2v) is 8.88. The SMILES string of the molecule is S=C(c1ccc(-c2ccc(Br)cc2)o1)N1CC[NH+](Cc2ccc3c(c2)OCO3)CC1. The van der Waals surface area contributed by atoms with Crippen molar-refractivity contribution >= 4 is 33.1 Å². The van der Waals surface area contributed by atoms with Crippen molar-refractivity contribution in [1.82, 2.24) is 4.90 Å². The summed E-state index contributed by atoms with van der Waals surface area (Å²) in [5.74, 6) is 3.30. The quantitative estimate of drug-likeness (QED) is 0.572. The van der Waals surface area contributed by atoms with E-state index in [4.69, 9.17) is 26.1 Å². The molecule has 1 aromatic heterocycles. The van der Waals surface area contributed by atoms with E-state index < -0.39 is 0 Å². The van der Waals surface area contributed by atoms with Gasteiger partial charge in [0.1, 0.15) is 17.3 Å². The molecule has 1 fully saturated rings. The third-order valence-electron chi connectivity index (χ3n) is 5.59. The van der Waals surface area contributed by atoms with Gasteiger partial charge in [-0.15, -0.1) is 0 Å². The molecule has 154 valence electrons. The molecule has 1 saturated heterocycles. The predicted molar refractivity (Wildman–Crippen MR) is 122 cm³/mol. The summed E-state index contributed by atoms with van der Waals surface area (Å²) in [6, 6.07) is 18.3. The molecule has 0 radical (unpaired) electrons. The summed E-state index contributed by atoms with van der Waals surface area (Å²) in [6.07, 6.45) is 0. The first-order valence-corrected chi connectivity index (χ1v) is 11.2. The van der Waals surface area contributed by atoms with Crippen molar-refractivity contribution in [2.75, 3.05) is 33.0 Å². The molecule has 0 unspecified atom stereocenters. The normalized spacial score (nSPS) is 16.1. The fourth-order valence-corrected chi connectivity index (χ4v) is 4.48. The van der Waals surface area contributed by atoms with Gasteiger partial charge >= 0.3 is 0 Å². The number of nitrogens with one attached hydrogen (secondary N) is 1. The molecule has 0 aliphatic carbocycles. The number of piperazine rings is 1. The van der Waals surface area contributed by atoms with E-state index in [2.05, 4.69) is 33.0 Å². The number of halogens is 1. The van der Waals surface area contributed by atoms with E-state index in [9.17, 15) is 0 Å². The fraction of sp³-hybridized carbons (Fsp3) is 0.261. The first-order chi connectivity index (χ1) is 14.7. The highest BCUT2D eigenvalue weighted by atomic mass is 79.9. The van der Waals surface area contributed by atoms with Gasteiger partial charge < -0.3 is 23.7 Å². The Kier molecular flexibility index (Phi) is 5.50. The number of rotatable bonds is 4. The topological polar surface area (TPSA) is 39.3 Å². The van der Waals surface area contributed by atoms with Crippen LogP contribution in [-0.2, 0) is 6.54 Å². The molecule has 5 rings (SSSR count). The molecular weight excluding hydrogens is 464 g/mol. The first kappa shape index (κ1) is 19.6. The molecule has 5 nitrogen and oxygen atoms in total. The number of furan rings is 1. The number of fused-ring (bicyclic) bond motifs is 1. The van der Waals surface area contributed by atoms with Crippen LogP contribution in [0.1, 0.15) is 11.3 Å². The maximum absolute atomic E-state index is 6.06. The maximum Gasteiger partial charge on any atom is 0.231 e. The van der Waals surface area contributed by atoms with Crippen molar-refractivity contribution in [2.24, 2.45) is 0 Å². The van der Waals surface area contributed by atoms with Gasteiger partial charge in [-0.25, -0.2) is 0 Å². The zero-order valence-corrected chi connectivity index (χ0v) is 18.8. The van der Waals surface area contributed by atoms with Gasteiger partial charge in [-0.3, -0.25) is 0 Å². The minimum Gasteiger partial charge on any atom is -0.454 e. The lowest BCUT2D eigenvalue weighted by Gasteiger charge is -2.33. The van der Waals surface area contributed by atoms with Crippen LogP contribution >= 0.6 is 28.1 Å². The van der Waals surface area contributed by atoms with E-state index in [1.165, 1.54) is 5.56 Å². The van der Waals surface area contributed by atoms with Crippen molar-refractivity contribution in [3.8, 4) is 22.8 Å². The smallest absolute Gasteiger partial charge is 0.231 e. The van der Waals surface area contributed by atoms with Crippen LogP contribution in [0.2, 0.25) is 0 Å². The Morgan fingerprint density at radius 1 is 0.967 bits per heavy atom. The standard InChI is InChI=1S/C23H21BrN2O3S/c24-18-4-2-17(3-5-18)19-7-8-21(29-19)23(30)26-11-9-25(10-12-26)14-16-1-6-20-22(13-16)28-15-27-20/h1-8,13H,9-12,14-15H2/p+1. The molecule has 2 aliphatic rings. The number of ether oxygens (including phenoxy) is 2. The average Bonchev–Trinajstić information content (AvgIpc) is 3.44. The van der Waals surface area contributed by atoms with E-state index in [0.29, 0.717) is 6.79 Å². The lowest BCUT2D eigenvalue weighted by Crippen LogP contribution is -3.13. The fourth-order valence-electron chi connectivity index (χ4n) is 3.92. The van der Waals surface area contributed by atoms with E-state index >= 15 is 0 Å². The van der Waals surface area contributed by atoms with Crippen LogP contribution in [0, 0.1) is 0 Å². The van der Waals surface area contributed by atoms with E-state index in [-0.39, 0.29) is 0 Å². The van der Waals surface area contributed by atoms with Gasteiger partial charge in [0.2, 0.25) is 6.79 Å². The highest BCUT2D eigenvalue weighted by molar-refractivity contribution is 9.10. The molecule has 1 N–H and O–H groups in total. The van der Waals surface area contributed by atoms with Gasteiger partial charge in [0.15, 0.2) is 17.3 Å². The van der Waals surface area contributed by atoms with Crippen molar-refractivity contribution in [1.29, 1.82) is 0 Å². The Bertz CT molecular complexity index is 1060. The van der Waals surface area contributed by atoms with Crippen molar-refractivity contribution in [3.05, 3.63) is 70.4 Å². The number of nitrogens with zero attached hydrogens (tertiary/aromatic N) is 1. The summed E-state index contributed by atoms with van der Waals surface area (Å²) in [4.78, 5) is 4.59. The second-order valence-electron chi connectivity index (χ2n) is 7.58. The second kappa shape index (κ2) is 8.41. The van der Waals surface area contributed by atoms with Gasteiger partial charge in [-0.1, -0.05) is 40.3 Å². The van der Waals surface area contributed by atoms with Crippen molar-refractivity contribution in [2.45, 2.75) is 6.54 Å². The number of benzene rings is 2.